The van der Waals surface area contributed by atoms with Gasteiger partial charge in [-0.15, -0.1) is 0 Å². The van der Waals surface area contributed by atoms with Gasteiger partial charge in [-0.1, -0.05) is 70.8 Å². The minimum absolute atomic E-state index is 1.21. The Morgan fingerprint density at radius 1 is 0.895 bits per heavy atom. The van der Waals surface area contributed by atoms with E-state index in [0.29, 0.717) is 0 Å². The Balaban J connectivity index is 1.79. The summed E-state index contributed by atoms with van der Waals surface area (Å²) in [6.07, 6.45) is 21.8. The van der Waals surface area contributed by atoms with Crippen LogP contribution >= 0.6 is 0 Å². The lowest BCUT2D eigenvalue weighted by atomic mass is 10.1. The predicted molar refractivity (Wildman–Crippen MR) is 86.3 cm³/mol. The van der Waals surface area contributed by atoms with Crippen molar-refractivity contribution in [1.82, 2.24) is 4.98 Å². The summed E-state index contributed by atoms with van der Waals surface area (Å²) in [4.78, 5) is 3.19. The highest BCUT2D eigenvalue weighted by atomic mass is 14.7. The number of allylic oxidation sites excluding steroid dienone is 1. The van der Waals surface area contributed by atoms with Crippen LogP contribution in [0.2, 0.25) is 0 Å². The molecule has 0 spiro atoms. The molecule has 0 radical (unpaired) electrons. The lowest BCUT2D eigenvalue weighted by Gasteiger charge is -2.01. The van der Waals surface area contributed by atoms with Crippen LogP contribution in [0.4, 0.5) is 0 Å². The van der Waals surface area contributed by atoms with Crippen LogP contribution in [0.15, 0.2) is 24.4 Å². The maximum absolute atomic E-state index is 3.19. The van der Waals surface area contributed by atoms with Gasteiger partial charge in [0.05, 0.1) is 0 Å². The monoisotopic (exact) mass is 261 g/mol. The maximum atomic E-state index is 3.19. The van der Waals surface area contributed by atoms with Crippen molar-refractivity contribution >= 4 is 6.08 Å². The Labute approximate surface area is 119 Å². The molecule has 0 aromatic carbocycles. The highest BCUT2D eigenvalue weighted by molar-refractivity contribution is 5.43. The zero-order valence-corrected chi connectivity index (χ0v) is 12.7. The van der Waals surface area contributed by atoms with Gasteiger partial charge in [-0.05, 0) is 31.1 Å². The van der Waals surface area contributed by atoms with Crippen LogP contribution < -0.4 is 0 Å². The average molecular weight is 261 g/mol. The number of nitrogens with one attached hydrogen (secondary N) is 1. The van der Waals surface area contributed by atoms with Gasteiger partial charge < -0.3 is 4.98 Å². The van der Waals surface area contributed by atoms with Crippen molar-refractivity contribution in [1.29, 1.82) is 0 Å². The molecule has 0 atom stereocenters. The first-order valence-corrected chi connectivity index (χ1v) is 8.23. The second-order valence-electron chi connectivity index (χ2n) is 5.50. The van der Waals surface area contributed by atoms with Gasteiger partial charge >= 0.3 is 0 Å². The molecule has 1 aromatic heterocycles. The molecular weight excluding hydrogens is 230 g/mol. The van der Waals surface area contributed by atoms with E-state index in [2.05, 4.69) is 30.1 Å². The zero-order valence-electron chi connectivity index (χ0n) is 12.7. The average Bonchev–Trinajstić information content (AvgIpc) is 2.93. The highest BCUT2D eigenvalue weighted by Gasteiger charge is 1.92. The molecule has 0 saturated carbocycles. The van der Waals surface area contributed by atoms with Gasteiger partial charge in [0.25, 0.3) is 0 Å². The molecule has 1 aromatic rings. The first kappa shape index (κ1) is 16.1. The third-order valence-electron chi connectivity index (χ3n) is 3.64. The number of H-pyrrole nitrogens is 1. The van der Waals surface area contributed by atoms with Crippen molar-refractivity contribution in [2.24, 2.45) is 0 Å². The van der Waals surface area contributed by atoms with Gasteiger partial charge in [0.2, 0.25) is 0 Å². The van der Waals surface area contributed by atoms with Crippen molar-refractivity contribution in [3.05, 3.63) is 30.1 Å². The van der Waals surface area contributed by atoms with E-state index in [4.69, 9.17) is 0 Å². The van der Waals surface area contributed by atoms with Crippen LogP contribution in [0.5, 0.6) is 0 Å². The molecular formula is C18H31N. The second-order valence-corrected chi connectivity index (χ2v) is 5.50. The molecule has 1 heteroatoms. The molecule has 1 heterocycles. The van der Waals surface area contributed by atoms with Gasteiger partial charge in [-0.3, -0.25) is 0 Å². The van der Waals surface area contributed by atoms with E-state index >= 15 is 0 Å². The summed E-state index contributed by atoms with van der Waals surface area (Å²) in [6.45, 7) is 2.28. The van der Waals surface area contributed by atoms with Crippen molar-refractivity contribution in [2.75, 3.05) is 0 Å². The summed E-state index contributed by atoms with van der Waals surface area (Å²) in [5.41, 5.74) is 1.21. The number of aromatic nitrogens is 1. The Morgan fingerprint density at radius 2 is 1.53 bits per heavy atom. The molecule has 108 valence electrons. The van der Waals surface area contributed by atoms with E-state index < -0.39 is 0 Å². The van der Waals surface area contributed by atoms with Crippen molar-refractivity contribution in [2.45, 2.75) is 77.6 Å². The lowest BCUT2D eigenvalue weighted by Crippen LogP contribution is -1.81. The Morgan fingerprint density at radius 3 is 2.11 bits per heavy atom. The van der Waals surface area contributed by atoms with Gasteiger partial charge in [-0.25, -0.2) is 0 Å². The quantitative estimate of drug-likeness (QED) is 0.423. The number of hydrogen-bond donors (Lipinski definition) is 1. The fraction of sp³-hybridized carbons (Fsp3) is 0.667. The summed E-state index contributed by atoms with van der Waals surface area (Å²) in [6, 6.07) is 4.15. The lowest BCUT2D eigenvalue weighted by molar-refractivity contribution is 0.558. The Kier molecular flexibility index (Phi) is 10.2. The normalized spacial score (nSPS) is 11.4. The first-order chi connectivity index (χ1) is 9.43. The van der Waals surface area contributed by atoms with Crippen molar-refractivity contribution in [3.8, 4) is 0 Å². The standard InChI is InChI=1S/C18H31N/c1-2-3-4-5-6-7-8-9-10-11-12-13-15-18-16-14-17-19-18/h13-17,19H,2-12H2,1H3. The van der Waals surface area contributed by atoms with Gasteiger partial charge in [0.15, 0.2) is 0 Å². The predicted octanol–water partition coefficient (Wildman–Crippen LogP) is 6.34. The summed E-state index contributed by atoms with van der Waals surface area (Å²) in [5.74, 6) is 0. The largest absolute Gasteiger partial charge is 0.362 e. The van der Waals surface area contributed by atoms with Gasteiger partial charge in [0, 0.05) is 11.9 Å². The van der Waals surface area contributed by atoms with E-state index in [0.717, 1.165) is 0 Å². The molecule has 0 aliphatic rings. The second kappa shape index (κ2) is 12.1. The first-order valence-electron chi connectivity index (χ1n) is 8.23. The van der Waals surface area contributed by atoms with Crippen molar-refractivity contribution < 1.29 is 0 Å². The molecule has 1 nitrogen and oxygen atoms in total. The molecule has 0 fully saturated rings. The van der Waals surface area contributed by atoms with Crippen LogP contribution in [-0.2, 0) is 0 Å². The molecule has 0 unspecified atom stereocenters. The molecule has 0 bridgehead atoms. The molecule has 1 rings (SSSR count). The molecule has 0 amide bonds. The van der Waals surface area contributed by atoms with Crippen LogP contribution in [0.1, 0.15) is 83.2 Å². The van der Waals surface area contributed by atoms with E-state index in [1.807, 2.05) is 12.3 Å². The molecule has 1 N–H and O–H groups in total. The minimum atomic E-state index is 1.21. The zero-order chi connectivity index (χ0) is 13.6. The van der Waals surface area contributed by atoms with E-state index in [1.54, 1.807) is 0 Å². The Hall–Kier alpha value is -0.980. The molecule has 0 aliphatic carbocycles. The smallest absolute Gasteiger partial charge is 0.0377 e. The molecule has 0 aliphatic heterocycles. The fourth-order valence-corrected chi connectivity index (χ4v) is 2.41. The molecule has 0 saturated heterocycles. The van der Waals surface area contributed by atoms with Gasteiger partial charge in [-0.2, -0.15) is 0 Å². The van der Waals surface area contributed by atoms with Crippen LogP contribution in [-0.4, -0.2) is 4.98 Å². The number of aromatic amines is 1. The number of rotatable bonds is 12. The number of unbranched alkanes of at least 4 members (excludes halogenated alkanes) is 10. The summed E-state index contributed by atoms with van der Waals surface area (Å²) < 4.78 is 0. The Bertz CT molecular complexity index is 298. The van der Waals surface area contributed by atoms with E-state index in [-0.39, 0.29) is 0 Å². The van der Waals surface area contributed by atoms with E-state index in [9.17, 15) is 0 Å². The SMILES string of the molecule is CCCCCCCCCCCCC=Cc1ccc[nH]1. The maximum Gasteiger partial charge on any atom is 0.0377 e. The van der Waals surface area contributed by atoms with Crippen molar-refractivity contribution in [3.63, 3.8) is 0 Å². The third-order valence-corrected chi connectivity index (χ3v) is 3.64. The third kappa shape index (κ3) is 9.58. The van der Waals surface area contributed by atoms with Crippen LogP contribution in [0, 0.1) is 0 Å². The molecule has 19 heavy (non-hydrogen) atoms. The van der Waals surface area contributed by atoms with E-state index in [1.165, 1.54) is 76.3 Å². The summed E-state index contributed by atoms with van der Waals surface area (Å²) in [5, 5.41) is 0. The summed E-state index contributed by atoms with van der Waals surface area (Å²) in [7, 11) is 0. The van der Waals surface area contributed by atoms with Crippen LogP contribution in [0.3, 0.4) is 0 Å². The topological polar surface area (TPSA) is 15.8 Å². The van der Waals surface area contributed by atoms with Crippen LogP contribution in [0.25, 0.3) is 6.08 Å². The number of hydrogen-bond acceptors (Lipinski definition) is 0. The minimum Gasteiger partial charge on any atom is -0.362 e. The summed E-state index contributed by atoms with van der Waals surface area (Å²) >= 11 is 0. The highest BCUT2D eigenvalue weighted by Crippen LogP contribution is 2.11. The van der Waals surface area contributed by atoms with Gasteiger partial charge in [0.1, 0.15) is 0 Å². The fourth-order valence-electron chi connectivity index (χ4n) is 2.41.